The van der Waals surface area contributed by atoms with E-state index < -0.39 is 0 Å². The molecule has 1 unspecified atom stereocenters. The van der Waals surface area contributed by atoms with Gasteiger partial charge in [-0.1, -0.05) is 6.92 Å². The summed E-state index contributed by atoms with van der Waals surface area (Å²) in [5, 5.41) is 0. The lowest BCUT2D eigenvalue weighted by molar-refractivity contribution is 0.0266. The minimum Gasteiger partial charge on any atom is -0.329 e. The number of nitrogens with zero attached hydrogens (tertiary/aromatic N) is 2. The van der Waals surface area contributed by atoms with E-state index >= 15 is 0 Å². The van der Waals surface area contributed by atoms with Gasteiger partial charge in [-0.05, 0) is 26.4 Å². The molecule has 82 valence electrons. The average Bonchev–Trinajstić information content (AvgIpc) is 2.51. The highest BCUT2D eigenvalue weighted by molar-refractivity contribution is 5.01. The number of rotatable bonds is 3. The summed E-state index contributed by atoms with van der Waals surface area (Å²) in [5.74, 6) is 0. The van der Waals surface area contributed by atoms with Crippen LogP contribution in [0.25, 0.3) is 0 Å². The van der Waals surface area contributed by atoms with Gasteiger partial charge in [-0.2, -0.15) is 0 Å². The monoisotopic (exact) mass is 197 g/mol. The van der Waals surface area contributed by atoms with E-state index in [1.807, 2.05) is 0 Å². The Balaban J connectivity index is 1.88. The highest BCUT2D eigenvalue weighted by Gasteiger charge is 2.46. The van der Waals surface area contributed by atoms with Crippen molar-refractivity contribution in [2.45, 2.75) is 25.8 Å². The summed E-state index contributed by atoms with van der Waals surface area (Å²) < 4.78 is 0. The second kappa shape index (κ2) is 3.80. The molecule has 3 heteroatoms. The summed E-state index contributed by atoms with van der Waals surface area (Å²) in [6, 6.07) is 0.625. The van der Waals surface area contributed by atoms with Crippen molar-refractivity contribution in [3.8, 4) is 0 Å². The van der Waals surface area contributed by atoms with Gasteiger partial charge in [0.1, 0.15) is 0 Å². The SMILES string of the molecule is CCC(CN)N1CCC2(CN(C)C2)C1. The molecule has 0 amide bonds. The number of nitrogens with two attached hydrogens (primary N) is 1. The molecule has 0 saturated carbocycles. The van der Waals surface area contributed by atoms with E-state index in [-0.39, 0.29) is 0 Å². The molecule has 0 aliphatic carbocycles. The predicted octanol–water partition coefficient (Wildman–Crippen LogP) is 0.361. The number of likely N-dealkylation sites (tertiary alicyclic amines) is 2. The Morgan fingerprint density at radius 2 is 2.07 bits per heavy atom. The van der Waals surface area contributed by atoms with Crippen LogP contribution in [0.2, 0.25) is 0 Å². The van der Waals surface area contributed by atoms with E-state index in [4.69, 9.17) is 5.73 Å². The smallest absolute Gasteiger partial charge is 0.0216 e. The van der Waals surface area contributed by atoms with Gasteiger partial charge in [0.15, 0.2) is 0 Å². The van der Waals surface area contributed by atoms with Gasteiger partial charge < -0.3 is 10.6 Å². The molecular weight excluding hydrogens is 174 g/mol. The number of hydrogen-bond acceptors (Lipinski definition) is 3. The van der Waals surface area contributed by atoms with E-state index in [9.17, 15) is 0 Å². The molecule has 2 fully saturated rings. The maximum Gasteiger partial charge on any atom is 0.0216 e. The lowest BCUT2D eigenvalue weighted by Gasteiger charge is -2.46. The van der Waals surface area contributed by atoms with Crippen molar-refractivity contribution >= 4 is 0 Å². The van der Waals surface area contributed by atoms with Gasteiger partial charge in [0.05, 0.1) is 0 Å². The third-order valence-electron chi connectivity index (χ3n) is 3.94. The molecule has 0 bridgehead atoms. The topological polar surface area (TPSA) is 32.5 Å². The van der Waals surface area contributed by atoms with Crippen molar-refractivity contribution in [1.82, 2.24) is 9.80 Å². The van der Waals surface area contributed by atoms with Gasteiger partial charge in [0.25, 0.3) is 0 Å². The summed E-state index contributed by atoms with van der Waals surface area (Å²) in [6.45, 7) is 8.21. The quantitative estimate of drug-likeness (QED) is 0.709. The van der Waals surface area contributed by atoms with Crippen molar-refractivity contribution in [3.05, 3.63) is 0 Å². The molecule has 2 heterocycles. The minimum atomic E-state index is 0.625. The summed E-state index contributed by atoms with van der Waals surface area (Å²) in [6.07, 6.45) is 2.58. The van der Waals surface area contributed by atoms with E-state index in [1.165, 1.54) is 39.0 Å². The molecule has 0 aromatic carbocycles. The van der Waals surface area contributed by atoms with Crippen LogP contribution < -0.4 is 5.73 Å². The zero-order chi connectivity index (χ0) is 10.2. The van der Waals surface area contributed by atoms with Crippen LogP contribution in [0.5, 0.6) is 0 Å². The molecule has 0 radical (unpaired) electrons. The van der Waals surface area contributed by atoms with Crippen molar-refractivity contribution < 1.29 is 0 Å². The average molecular weight is 197 g/mol. The van der Waals surface area contributed by atoms with E-state index in [2.05, 4.69) is 23.8 Å². The van der Waals surface area contributed by atoms with Crippen LogP contribution in [-0.2, 0) is 0 Å². The first-order valence-electron chi connectivity index (χ1n) is 5.82. The first kappa shape index (κ1) is 10.4. The summed E-state index contributed by atoms with van der Waals surface area (Å²) in [7, 11) is 2.22. The van der Waals surface area contributed by atoms with E-state index in [0.717, 1.165) is 6.54 Å². The standard InChI is InChI=1S/C11H23N3/c1-3-10(6-12)14-5-4-11(9-14)7-13(2)8-11/h10H,3-9,12H2,1-2H3. The lowest BCUT2D eigenvalue weighted by Crippen LogP contribution is -2.56. The predicted molar refractivity (Wildman–Crippen MR) is 59.3 cm³/mol. The van der Waals surface area contributed by atoms with Crippen LogP contribution >= 0.6 is 0 Å². The van der Waals surface area contributed by atoms with Crippen LogP contribution in [0.1, 0.15) is 19.8 Å². The fourth-order valence-electron chi connectivity index (χ4n) is 3.21. The van der Waals surface area contributed by atoms with Gasteiger partial charge in [-0.25, -0.2) is 0 Å². The Labute approximate surface area is 87.2 Å². The van der Waals surface area contributed by atoms with Gasteiger partial charge in [-0.3, -0.25) is 4.90 Å². The molecule has 3 nitrogen and oxygen atoms in total. The van der Waals surface area contributed by atoms with Gasteiger partial charge >= 0.3 is 0 Å². The normalized spacial score (nSPS) is 29.4. The van der Waals surface area contributed by atoms with Crippen LogP contribution in [0, 0.1) is 5.41 Å². The Bertz CT molecular complexity index is 195. The van der Waals surface area contributed by atoms with Crippen molar-refractivity contribution in [3.63, 3.8) is 0 Å². The van der Waals surface area contributed by atoms with Crippen molar-refractivity contribution in [2.75, 3.05) is 39.8 Å². The molecule has 1 spiro atoms. The molecule has 2 N–H and O–H groups in total. The molecule has 0 aromatic rings. The summed E-state index contributed by atoms with van der Waals surface area (Å²) in [5.41, 5.74) is 6.42. The fourth-order valence-corrected chi connectivity index (χ4v) is 3.21. The zero-order valence-corrected chi connectivity index (χ0v) is 9.50. The van der Waals surface area contributed by atoms with Crippen LogP contribution in [0.3, 0.4) is 0 Å². The molecule has 2 aliphatic heterocycles. The minimum absolute atomic E-state index is 0.625. The first-order valence-corrected chi connectivity index (χ1v) is 5.82. The maximum absolute atomic E-state index is 5.79. The first-order chi connectivity index (χ1) is 6.69. The Morgan fingerprint density at radius 1 is 1.36 bits per heavy atom. The summed E-state index contributed by atoms with van der Waals surface area (Å²) >= 11 is 0. The van der Waals surface area contributed by atoms with E-state index in [0.29, 0.717) is 11.5 Å². The van der Waals surface area contributed by atoms with Crippen molar-refractivity contribution in [2.24, 2.45) is 11.1 Å². The fraction of sp³-hybridized carbons (Fsp3) is 1.00. The third kappa shape index (κ3) is 1.69. The molecule has 1 atom stereocenters. The second-order valence-corrected chi connectivity index (χ2v) is 5.19. The van der Waals surface area contributed by atoms with Crippen molar-refractivity contribution in [1.29, 1.82) is 0 Å². The highest BCUT2D eigenvalue weighted by atomic mass is 15.3. The molecule has 2 saturated heterocycles. The van der Waals surface area contributed by atoms with Crippen LogP contribution in [0.4, 0.5) is 0 Å². The van der Waals surface area contributed by atoms with Crippen LogP contribution in [-0.4, -0.2) is 55.6 Å². The molecule has 2 rings (SSSR count). The third-order valence-corrected chi connectivity index (χ3v) is 3.94. The molecule has 14 heavy (non-hydrogen) atoms. The Hall–Kier alpha value is -0.120. The van der Waals surface area contributed by atoms with Gasteiger partial charge in [0, 0.05) is 37.6 Å². The number of hydrogen-bond donors (Lipinski definition) is 1. The molecule has 2 aliphatic rings. The molecular formula is C11H23N3. The van der Waals surface area contributed by atoms with Gasteiger partial charge in [0.2, 0.25) is 0 Å². The summed E-state index contributed by atoms with van der Waals surface area (Å²) in [4.78, 5) is 5.03. The van der Waals surface area contributed by atoms with Gasteiger partial charge in [-0.15, -0.1) is 0 Å². The Kier molecular flexibility index (Phi) is 2.82. The Morgan fingerprint density at radius 3 is 2.57 bits per heavy atom. The highest BCUT2D eigenvalue weighted by Crippen LogP contribution is 2.39. The van der Waals surface area contributed by atoms with E-state index in [1.54, 1.807) is 0 Å². The lowest BCUT2D eigenvalue weighted by atomic mass is 9.79. The maximum atomic E-state index is 5.79. The second-order valence-electron chi connectivity index (χ2n) is 5.19. The largest absolute Gasteiger partial charge is 0.329 e. The zero-order valence-electron chi connectivity index (χ0n) is 9.50. The van der Waals surface area contributed by atoms with Crippen LogP contribution in [0.15, 0.2) is 0 Å². The molecule has 0 aromatic heterocycles.